The number of likely N-dealkylation sites (tertiary alicyclic amines) is 1. The van der Waals surface area contributed by atoms with Crippen molar-refractivity contribution in [3.05, 3.63) is 29.6 Å². The topological polar surface area (TPSA) is 59.2 Å². The second-order valence-corrected chi connectivity index (χ2v) is 4.24. The van der Waals surface area contributed by atoms with Crippen LogP contribution in [0.15, 0.2) is 18.3 Å². The van der Waals surface area contributed by atoms with Gasteiger partial charge in [0.15, 0.2) is 0 Å². The zero-order valence-corrected chi connectivity index (χ0v) is 9.44. The van der Waals surface area contributed by atoms with Gasteiger partial charge >= 0.3 is 6.18 Å². The summed E-state index contributed by atoms with van der Waals surface area (Å²) in [6.07, 6.45) is -3.76. The molecular weight excluding hydrogens is 247 g/mol. The molecule has 4 nitrogen and oxygen atoms in total. The summed E-state index contributed by atoms with van der Waals surface area (Å²) in [5, 5.41) is 0. The zero-order valence-electron chi connectivity index (χ0n) is 9.44. The Morgan fingerprint density at radius 3 is 2.56 bits per heavy atom. The first kappa shape index (κ1) is 12.8. The van der Waals surface area contributed by atoms with E-state index in [1.807, 2.05) is 0 Å². The van der Waals surface area contributed by atoms with Crippen LogP contribution in [-0.4, -0.2) is 35.4 Å². The molecule has 0 saturated carbocycles. The molecule has 2 heterocycles. The molecule has 7 heteroatoms. The van der Waals surface area contributed by atoms with Crippen LogP contribution in [0.1, 0.15) is 16.1 Å². The van der Waals surface area contributed by atoms with Gasteiger partial charge in [0.05, 0.1) is 5.56 Å². The zero-order chi connectivity index (χ0) is 13.3. The first-order valence-electron chi connectivity index (χ1n) is 5.44. The Morgan fingerprint density at radius 2 is 2.11 bits per heavy atom. The Balaban J connectivity index is 2.04. The predicted molar refractivity (Wildman–Crippen MR) is 57.7 cm³/mol. The molecule has 2 rings (SSSR count). The van der Waals surface area contributed by atoms with Crippen LogP contribution >= 0.6 is 0 Å². The van der Waals surface area contributed by atoms with Crippen molar-refractivity contribution in [2.45, 2.75) is 6.18 Å². The third-order valence-corrected chi connectivity index (χ3v) is 2.89. The highest BCUT2D eigenvalue weighted by molar-refractivity contribution is 5.92. The van der Waals surface area contributed by atoms with Crippen LogP contribution in [0.5, 0.6) is 0 Å². The maximum Gasteiger partial charge on any atom is 0.417 e. The Kier molecular flexibility index (Phi) is 3.25. The summed E-state index contributed by atoms with van der Waals surface area (Å²) in [6, 6.07) is 1.96. The van der Waals surface area contributed by atoms with E-state index in [9.17, 15) is 18.0 Å². The van der Waals surface area contributed by atoms with Gasteiger partial charge < -0.3 is 10.6 Å². The number of amides is 1. The van der Waals surface area contributed by atoms with Crippen molar-refractivity contribution in [1.82, 2.24) is 9.88 Å². The highest BCUT2D eigenvalue weighted by Crippen LogP contribution is 2.28. The molecule has 18 heavy (non-hydrogen) atoms. The van der Waals surface area contributed by atoms with Crippen molar-refractivity contribution >= 4 is 5.91 Å². The van der Waals surface area contributed by atoms with E-state index >= 15 is 0 Å². The van der Waals surface area contributed by atoms with Crippen molar-refractivity contribution in [3.8, 4) is 0 Å². The summed E-state index contributed by atoms with van der Waals surface area (Å²) in [6.45, 7) is 1.58. The Labute approximate surface area is 102 Å². The number of nitrogens with two attached hydrogens (primary N) is 1. The Hall–Kier alpha value is -1.63. The average Bonchev–Trinajstić information content (AvgIpc) is 2.26. The second-order valence-electron chi connectivity index (χ2n) is 4.24. The van der Waals surface area contributed by atoms with Gasteiger partial charge in [0.2, 0.25) is 0 Å². The number of pyridine rings is 1. The summed E-state index contributed by atoms with van der Waals surface area (Å²) < 4.78 is 36.9. The van der Waals surface area contributed by atoms with E-state index in [0.29, 0.717) is 25.8 Å². The summed E-state index contributed by atoms with van der Waals surface area (Å²) >= 11 is 0. The van der Waals surface area contributed by atoms with Crippen molar-refractivity contribution in [2.75, 3.05) is 19.6 Å². The van der Waals surface area contributed by atoms with Gasteiger partial charge in [-0.15, -0.1) is 0 Å². The number of hydrogen-bond donors (Lipinski definition) is 1. The normalized spacial score (nSPS) is 16.6. The van der Waals surface area contributed by atoms with Crippen LogP contribution in [0, 0.1) is 5.92 Å². The lowest BCUT2D eigenvalue weighted by atomic mass is 10.00. The second kappa shape index (κ2) is 4.56. The smallest absolute Gasteiger partial charge is 0.337 e. The minimum absolute atomic E-state index is 0.0264. The molecule has 0 aromatic carbocycles. The first-order chi connectivity index (χ1) is 8.41. The van der Waals surface area contributed by atoms with Gasteiger partial charge in [-0.25, -0.2) is 0 Å². The molecule has 1 aliphatic rings. The lowest BCUT2D eigenvalue weighted by Crippen LogP contribution is -2.52. The summed E-state index contributed by atoms with van der Waals surface area (Å²) in [7, 11) is 0. The van der Waals surface area contributed by atoms with E-state index in [0.717, 1.165) is 12.1 Å². The lowest BCUT2D eigenvalue weighted by molar-refractivity contribution is -0.137. The van der Waals surface area contributed by atoms with Crippen LogP contribution in [0.4, 0.5) is 13.2 Å². The molecule has 1 aromatic heterocycles. The SMILES string of the molecule is NCC1CN(C(=O)c2ccc(C(F)(F)F)cn2)C1. The highest BCUT2D eigenvalue weighted by atomic mass is 19.4. The van der Waals surface area contributed by atoms with Crippen molar-refractivity contribution in [2.24, 2.45) is 11.7 Å². The molecule has 1 amide bonds. The monoisotopic (exact) mass is 259 g/mol. The Bertz CT molecular complexity index is 438. The van der Waals surface area contributed by atoms with Crippen LogP contribution in [0.2, 0.25) is 0 Å². The number of carbonyl (C=O) groups is 1. The van der Waals surface area contributed by atoms with Gasteiger partial charge in [-0.3, -0.25) is 9.78 Å². The molecule has 0 spiro atoms. The number of alkyl halides is 3. The average molecular weight is 259 g/mol. The van der Waals surface area contributed by atoms with Gasteiger partial charge in [-0.05, 0) is 18.7 Å². The summed E-state index contributed by atoms with van der Waals surface area (Å²) in [4.78, 5) is 16.9. The van der Waals surface area contributed by atoms with E-state index in [1.54, 1.807) is 0 Å². The quantitative estimate of drug-likeness (QED) is 0.866. The van der Waals surface area contributed by atoms with Gasteiger partial charge in [-0.2, -0.15) is 13.2 Å². The van der Waals surface area contributed by atoms with E-state index in [2.05, 4.69) is 4.98 Å². The molecule has 0 aliphatic carbocycles. The van der Waals surface area contributed by atoms with Crippen LogP contribution < -0.4 is 5.73 Å². The van der Waals surface area contributed by atoms with E-state index in [1.165, 1.54) is 4.90 Å². The maximum absolute atomic E-state index is 12.3. The van der Waals surface area contributed by atoms with Crippen molar-refractivity contribution < 1.29 is 18.0 Å². The van der Waals surface area contributed by atoms with Gasteiger partial charge in [-0.1, -0.05) is 0 Å². The maximum atomic E-state index is 12.3. The molecule has 0 bridgehead atoms. The van der Waals surface area contributed by atoms with Crippen LogP contribution in [0.25, 0.3) is 0 Å². The molecular formula is C11H12F3N3O. The fourth-order valence-electron chi connectivity index (χ4n) is 1.73. The fourth-order valence-corrected chi connectivity index (χ4v) is 1.73. The largest absolute Gasteiger partial charge is 0.417 e. The highest BCUT2D eigenvalue weighted by Gasteiger charge is 2.33. The standard InChI is InChI=1S/C11H12F3N3O/c12-11(13,14)8-1-2-9(16-4-8)10(18)17-5-7(3-15)6-17/h1-2,4,7H,3,5-6,15H2. The molecule has 1 fully saturated rings. The van der Waals surface area contributed by atoms with Gasteiger partial charge in [0.25, 0.3) is 5.91 Å². The third-order valence-electron chi connectivity index (χ3n) is 2.89. The molecule has 1 saturated heterocycles. The summed E-state index contributed by atoms with van der Waals surface area (Å²) in [5.41, 5.74) is 4.59. The van der Waals surface area contributed by atoms with E-state index in [-0.39, 0.29) is 17.5 Å². The van der Waals surface area contributed by atoms with Crippen molar-refractivity contribution in [1.29, 1.82) is 0 Å². The predicted octanol–water partition coefficient (Wildman–Crippen LogP) is 1.13. The molecule has 98 valence electrons. The van der Waals surface area contributed by atoms with Crippen LogP contribution in [0.3, 0.4) is 0 Å². The van der Waals surface area contributed by atoms with E-state index < -0.39 is 11.7 Å². The van der Waals surface area contributed by atoms with Gasteiger partial charge in [0.1, 0.15) is 5.69 Å². The lowest BCUT2D eigenvalue weighted by Gasteiger charge is -2.38. The van der Waals surface area contributed by atoms with Gasteiger partial charge in [0, 0.05) is 25.2 Å². The molecule has 0 unspecified atom stereocenters. The Morgan fingerprint density at radius 1 is 1.44 bits per heavy atom. The fraction of sp³-hybridized carbons (Fsp3) is 0.455. The molecule has 0 atom stereocenters. The molecule has 1 aromatic rings. The number of aromatic nitrogens is 1. The minimum atomic E-state index is -4.43. The minimum Gasteiger partial charge on any atom is -0.337 e. The van der Waals surface area contributed by atoms with Crippen LogP contribution in [-0.2, 0) is 6.18 Å². The number of halogens is 3. The summed E-state index contributed by atoms with van der Waals surface area (Å²) in [5.74, 6) is -0.0724. The first-order valence-corrected chi connectivity index (χ1v) is 5.44. The molecule has 0 radical (unpaired) electrons. The number of carbonyl (C=O) groups excluding carboxylic acids is 1. The number of rotatable bonds is 2. The number of nitrogens with zero attached hydrogens (tertiary/aromatic N) is 2. The van der Waals surface area contributed by atoms with Crippen molar-refractivity contribution in [3.63, 3.8) is 0 Å². The third kappa shape index (κ3) is 2.45. The van der Waals surface area contributed by atoms with E-state index in [4.69, 9.17) is 5.73 Å². The molecule has 2 N–H and O–H groups in total. The molecule has 1 aliphatic heterocycles. The number of hydrogen-bond acceptors (Lipinski definition) is 3.